The third kappa shape index (κ3) is 4.63. The number of urea groups is 1. The first-order chi connectivity index (χ1) is 18.0. The van der Waals surface area contributed by atoms with Gasteiger partial charge in [0.15, 0.2) is 12.3 Å². The zero-order valence-corrected chi connectivity index (χ0v) is 20.5. The van der Waals surface area contributed by atoms with Crippen LogP contribution in [0.1, 0.15) is 18.1 Å². The molecule has 2 aliphatic heterocycles. The number of rotatable bonds is 8. The smallest absolute Gasteiger partial charge is 0.497 e. The highest BCUT2D eigenvalue weighted by Gasteiger charge is 2.54. The fourth-order valence-corrected chi connectivity index (χ4v) is 4.44. The molecule has 2 aliphatic rings. The summed E-state index contributed by atoms with van der Waals surface area (Å²) in [5.74, 6) is 0.762. The Morgan fingerprint density at radius 2 is 1.76 bits per heavy atom. The van der Waals surface area contributed by atoms with Gasteiger partial charge >= 0.3 is 11.9 Å². The molecule has 0 aromatic heterocycles. The second-order valence-electron chi connectivity index (χ2n) is 8.50. The first kappa shape index (κ1) is 24.1. The number of carbonyl (C=O) groups excluding carboxylic acids is 3. The Morgan fingerprint density at radius 3 is 2.51 bits per heavy atom. The predicted octanol–water partition coefficient (Wildman–Crippen LogP) is 3.46. The van der Waals surface area contributed by atoms with Crippen molar-refractivity contribution in [2.75, 3.05) is 25.6 Å². The number of nitrogens with one attached hydrogen (secondary N) is 1. The van der Waals surface area contributed by atoms with Gasteiger partial charge in [0, 0.05) is 0 Å². The lowest BCUT2D eigenvalue weighted by molar-refractivity contribution is -0.428. The van der Waals surface area contributed by atoms with E-state index in [2.05, 4.69) is 5.32 Å². The molecule has 1 unspecified atom stereocenters. The highest BCUT2D eigenvalue weighted by Crippen LogP contribution is 2.33. The number of anilines is 1. The van der Waals surface area contributed by atoms with Crippen molar-refractivity contribution in [1.82, 2.24) is 4.90 Å². The molecule has 5 rings (SSSR count). The van der Waals surface area contributed by atoms with Crippen molar-refractivity contribution in [3.05, 3.63) is 83.9 Å². The van der Waals surface area contributed by atoms with E-state index in [1.54, 1.807) is 73.8 Å². The molecule has 0 bridgehead atoms. The standard InChI is InChI=1S/C28H25N3O6/c1-3-36-23-11-7-5-9-21(23)29-24(32)17-30-25-20-8-4-6-10-22(20)37-26(25)27(33)31(28(30)34)16-18-12-14-19(35-2)15-13-18/h4-15,26H,3,16-17H2,1-2H3/p+1. The maximum atomic E-state index is 13.7. The molecule has 4 amide bonds. The summed E-state index contributed by atoms with van der Waals surface area (Å²) < 4.78 is 18.1. The van der Waals surface area contributed by atoms with Crippen LogP contribution >= 0.6 is 0 Å². The second-order valence-corrected chi connectivity index (χ2v) is 8.50. The molecule has 1 atom stereocenters. The molecule has 2 heterocycles. The Morgan fingerprint density at radius 1 is 1.03 bits per heavy atom. The lowest BCUT2D eigenvalue weighted by Crippen LogP contribution is -2.58. The molecule has 0 saturated heterocycles. The summed E-state index contributed by atoms with van der Waals surface area (Å²) in [4.78, 5) is 41.4. The van der Waals surface area contributed by atoms with Crippen molar-refractivity contribution in [3.63, 3.8) is 0 Å². The quantitative estimate of drug-likeness (QED) is 0.476. The number of hydrogen-bond acceptors (Lipinski definition) is 6. The van der Waals surface area contributed by atoms with Crippen molar-refractivity contribution in [1.29, 1.82) is 0 Å². The van der Waals surface area contributed by atoms with Gasteiger partial charge in [-0.15, -0.1) is 0 Å². The summed E-state index contributed by atoms with van der Waals surface area (Å²) in [6, 6.07) is 20.7. The number of fused-ring (bicyclic) bond motifs is 3. The number of methoxy groups -OCH3 is 1. The van der Waals surface area contributed by atoms with E-state index in [1.165, 1.54) is 4.58 Å². The van der Waals surface area contributed by atoms with Crippen LogP contribution in [0.4, 0.5) is 10.5 Å². The first-order valence-electron chi connectivity index (χ1n) is 11.9. The molecule has 9 heteroatoms. The average Bonchev–Trinajstić information content (AvgIpc) is 3.30. The van der Waals surface area contributed by atoms with Crippen LogP contribution in [0.2, 0.25) is 0 Å². The number of nitrogens with zero attached hydrogens (tertiary/aromatic N) is 2. The highest BCUT2D eigenvalue weighted by atomic mass is 16.5. The van der Waals surface area contributed by atoms with E-state index in [0.29, 0.717) is 40.8 Å². The predicted molar refractivity (Wildman–Crippen MR) is 135 cm³/mol. The molecule has 3 aromatic carbocycles. The van der Waals surface area contributed by atoms with Crippen molar-refractivity contribution in [2.24, 2.45) is 0 Å². The Kier molecular flexibility index (Phi) is 6.59. The molecule has 0 saturated carbocycles. The van der Waals surface area contributed by atoms with Gasteiger partial charge in [0.25, 0.3) is 12.0 Å². The van der Waals surface area contributed by atoms with Crippen LogP contribution in [0.5, 0.6) is 17.2 Å². The zero-order valence-electron chi connectivity index (χ0n) is 20.5. The molecule has 1 N–H and O–H groups in total. The van der Waals surface area contributed by atoms with Crippen LogP contribution in [0, 0.1) is 0 Å². The van der Waals surface area contributed by atoms with Crippen LogP contribution < -0.4 is 19.5 Å². The number of hydrogen-bond donors (Lipinski definition) is 1. The van der Waals surface area contributed by atoms with Gasteiger partial charge in [-0.1, -0.05) is 36.4 Å². The van der Waals surface area contributed by atoms with E-state index in [4.69, 9.17) is 14.2 Å². The maximum Gasteiger partial charge on any atom is 0.501 e. The number of amides is 4. The van der Waals surface area contributed by atoms with Crippen LogP contribution in [-0.4, -0.2) is 59.4 Å². The molecule has 9 nitrogen and oxygen atoms in total. The van der Waals surface area contributed by atoms with E-state index in [9.17, 15) is 14.4 Å². The third-order valence-corrected chi connectivity index (χ3v) is 6.16. The maximum absolute atomic E-state index is 13.7. The molecule has 0 radical (unpaired) electrons. The zero-order chi connectivity index (χ0) is 25.9. The monoisotopic (exact) mass is 500 g/mol. The summed E-state index contributed by atoms with van der Waals surface area (Å²) in [7, 11) is 1.56. The average molecular weight is 501 g/mol. The normalized spacial score (nSPS) is 16.2. The fourth-order valence-electron chi connectivity index (χ4n) is 4.44. The van der Waals surface area contributed by atoms with E-state index in [0.717, 1.165) is 10.5 Å². The van der Waals surface area contributed by atoms with Gasteiger partial charge in [-0.25, -0.2) is 4.79 Å². The fraction of sp³-hybridized carbons (Fsp3) is 0.214. The van der Waals surface area contributed by atoms with Gasteiger partial charge in [0.2, 0.25) is 0 Å². The Balaban J connectivity index is 1.48. The molecular weight excluding hydrogens is 474 g/mol. The minimum absolute atomic E-state index is 0.0242. The van der Waals surface area contributed by atoms with E-state index in [-0.39, 0.29) is 13.1 Å². The lowest BCUT2D eigenvalue weighted by Gasteiger charge is -2.24. The SMILES string of the molecule is CCOc1ccccc1NC(=O)C[N+]1=C2c3ccccc3OC2C(=O)N(Cc2ccc(OC)cc2)C1=O. The second kappa shape index (κ2) is 10.1. The molecule has 37 heavy (non-hydrogen) atoms. The van der Waals surface area contributed by atoms with Crippen LogP contribution in [0.25, 0.3) is 0 Å². The van der Waals surface area contributed by atoms with Gasteiger partial charge in [-0.3, -0.25) is 4.79 Å². The Bertz CT molecular complexity index is 1400. The van der Waals surface area contributed by atoms with Gasteiger partial charge in [0.1, 0.15) is 23.8 Å². The van der Waals surface area contributed by atoms with Gasteiger partial charge < -0.3 is 19.5 Å². The summed E-state index contributed by atoms with van der Waals surface area (Å²) in [6.45, 7) is 2.01. The van der Waals surface area contributed by atoms with Crippen molar-refractivity contribution in [2.45, 2.75) is 19.6 Å². The van der Waals surface area contributed by atoms with Crippen molar-refractivity contribution < 1.29 is 33.2 Å². The number of imide groups is 1. The molecule has 188 valence electrons. The van der Waals surface area contributed by atoms with Crippen molar-refractivity contribution >= 4 is 29.2 Å². The summed E-state index contributed by atoms with van der Waals surface area (Å²) in [5, 5.41) is 2.83. The number of benzene rings is 3. The molecular formula is C28H26N3O6+. The lowest BCUT2D eigenvalue weighted by atomic mass is 10.0. The van der Waals surface area contributed by atoms with Crippen LogP contribution in [0.3, 0.4) is 0 Å². The molecule has 3 aromatic rings. The largest absolute Gasteiger partial charge is 0.501 e. The van der Waals surface area contributed by atoms with Crippen molar-refractivity contribution in [3.8, 4) is 17.2 Å². The van der Waals surface area contributed by atoms with Gasteiger partial charge in [-0.2, -0.15) is 14.3 Å². The van der Waals surface area contributed by atoms with E-state index in [1.807, 2.05) is 13.0 Å². The first-order valence-corrected chi connectivity index (χ1v) is 11.9. The molecule has 0 fully saturated rings. The minimum atomic E-state index is -1.03. The summed E-state index contributed by atoms with van der Waals surface area (Å²) >= 11 is 0. The van der Waals surface area contributed by atoms with Gasteiger partial charge in [0.05, 0.1) is 25.0 Å². The third-order valence-electron chi connectivity index (χ3n) is 6.16. The Hall–Kier alpha value is -4.66. The van der Waals surface area contributed by atoms with Crippen LogP contribution in [-0.2, 0) is 16.1 Å². The van der Waals surface area contributed by atoms with E-state index < -0.39 is 23.9 Å². The Labute approximate surface area is 213 Å². The highest BCUT2D eigenvalue weighted by molar-refractivity contribution is 6.22. The number of carbonyl (C=O) groups is 3. The number of para-hydroxylation sites is 3. The molecule has 0 spiro atoms. The minimum Gasteiger partial charge on any atom is -0.497 e. The molecule has 0 aliphatic carbocycles. The van der Waals surface area contributed by atoms with Gasteiger partial charge in [-0.05, 0) is 48.9 Å². The van der Waals surface area contributed by atoms with E-state index >= 15 is 0 Å². The summed E-state index contributed by atoms with van der Waals surface area (Å²) in [5.41, 5.74) is 2.21. The topological polar surface area (TPSA) is 97.2 Å². The van der Waals surface area contributed by atoms with Crippen LogP contribution in [0.15, 0.2) is 72.8 Å². The number of ether oxygens (including phenoxy) is 3. The summed E-state index contributed by atoms with van der Waals surface area (Å²) in [6.07, 6.45) is -1.03.